The largest absolute Gasteiger partial charge is 0.748 e. The Morgan fingerprint density at radius 1 is 0.532 bits per heavy atom. The van der Waals surface area contributed by atoms with E-state index in [9.17, 15) is 25.9 Å². The van der Waals surface area contributed by atoms with Gasteiger partial charge in [0.1, 0.15) is 23.8 Å². The van der Waals surface area contributed by atoms with E-state index < -0.39 is 31.7 Å². The minimum Gasteiger partial charge on any atom is -0.748 e. The maximum atomic E-state index is 10.2. The Labute approximate surface area is 371 Å². The van der Waals surface area contributed by atoms with Crippen molar-refractivity contribution in [2.75, 3.05) is 63.4 Å². The standard InChI is InChI=1S/C28H36N8O2S2.2C7H8O3S/c1-33(25-9-5-23(6-10-25)29-31-27-35(3)15-21-39-27)13-17-37-19-20-38-18-14-34(2)26-11-7-24(8-12-26)30-32-28-36(4)16-22-40-28;2*8-11(9,10)6-7-4-2-1-3-5-7/h5-12,15-16,21-22H,13-14,17-20H2,1-4H3;2*1-5H,6H2,(H,8,9,10)/q+2;;/p-2. The zero-order chi connectivity index (χ0) is 44.8. The first kappa shape index (κ1) is 49.3. The lowest BCUT2D eigenvalue weighted by Crippen LogP contribution is -2.24. The van der Waals surface area contributed by atoms with Crippen molar-refractivity contribution in [2.24, 2.45) is 34.6 Å². The number of nitrogens with zero attached hydrogens (tertiary/aromatic N) is 8. The Morgan fingerprint density at radius 3 is 1.19 bits per heavy atom. The number of benzene rings is 4. The Hall–Kier alpha value is -5.32. The normalized spacial score (nSPS) is 11.5. The number of hydrogen-bond donors (Lipinski definition) is 0. The van der Waals surface area contributed by atoms with Crippen molar-refractivity contribution in [2.45, 2.75) is 11.5 Å². The van der Waals surface area contributed by atoms with Crippen molar-refractivity contribution in [3.8, 4) is 0 Å². The molecule has 4 aromatic carbocycles. The first-order chi connectivity index (χ1) is 29.6. The van der Waals surface area contributed by atoms with E-state index >= 15 is 0 Å². The molecule has 0 aliphatic rings. The van der Waals surface area contributed by atoms with Crippen molar-refractivity contribution in [1.82, 2.24) is 0 Å². The van der Waals surface area contributed by atoms with Crippen LogP contribution < -0.4 is 18.9 Å². The fourth-order valence-corrected chi connectivity index (χ4v) is 7.70. The van der Waals surface area contributed by atoms with Crippen LogP contribution in [0.15, 0.2) is 153 Å². The van der Waals surface area contributed by atoms with Gasteiger partial charge >= 0.3 is 10.3 Å². The monoisotopic (exact) mass is 922 g/mol. The zero-order valence-electron chi connectivity index (χ0n) is 34.8. The SMILES string of the molecule is CN(CCOCCOCCN(C)c1ccc(N=Nc2scc[n+]2C)cc1)c1ccc(N=Nc2scc[n+]2C)cc1.O=S(=O)([O-])Cc1ccccc1.O=S(=O)([O-])Cc1ccccc1. The molecule has 6 rings (SSSR count). The molecule has 20 heteroatoms. The first-order valence-electron chi connectivity index (χ1n) is 19.1. The van der Waals surface area contributed by atoms with Gasteiger partial charge in [-0.3, -0.25) is 0 Å². The summed E-state index contributed by atoms with van der Waals surface area (Å²) >= 11 is 3.12. The summed E-state index contributed by atoms with van der Waals surface area (Å²) in [6, 6.07) is 32.8. The molecule has 0 unspecified atom stereocenters. The van der Waals surface area contributed by atoms with Crippen LogP contribution in [0.2, 0.25) is 0 Å². The maximum Gasteiger partial charge on any atom is 0.408 e. The number of thiazole rings is 2. The second-order valence-electron chi connectivity index (χ2n) is 13.5. The summed E-state index contributed by atoms with van der Waals surface area (Å²) in [5, 5.41) is 22.9. The van der Waals surface area contributed by atoms with E-state index in [1.165, 1.54) is 0 Å². The van der Waals surface area contributed by atoms with Crippen molar-refractivity contribution < 1.29 is 44.5 Å². The van der Waals surface area contributed by atoms with Gasteiger partial charge in [0.15, 0.2) is 0 Å². The molecule has 330 valence electrons. The highest BCUT2D eigenvalue weighted by molar-refractivity contribution is 7.85. The number of anilines is 2. The number of ether oxygens (including phenoxy) is 2. The molecule has 62 heavy (non-hydrogen) atoms. The van der Waals surface area contributed by atoms with Crippen LogP contribution in [-0.2, 0) is 55.3 Å². The molecule has 0 aliphatic heterocycles. The average Bonchev–Trinajstić information content (AvgIpc) is 3.86. The van der Waals surface area contributed by atoms with Crippen LogP contribution in [0.4, 0.5) is 33.0 Å². The smallest absolute Gasteiger partial charge is 0.408 e. The number of likely N-dealkylation sites (N-methyl/N-ethyl adjacent to an activating group) is 2. The molecule has 0 bridgehead atoms. The molecule has 0 saturated heterocycles. The molecule has 0 amide bonds. The first-order valence-corrected chi connectivity index (χ1v) is 24.0. The van der Waals surface area contributed by atoms with Crippen LogP contribution in [0.1, 0.15) is 11.1 Å². The van der Waals surface area contributed by atoms with Crippen LogP contribution in [0.5, 0.6) is 0 Å². The lowest BCUT2D eigenvalue weighted by molar-refractivity contribution is -0.654. The quantitative estimate of drug-likeness (QED) is 0.0343. The Morgan fingerprint density at radius 2 is 0.887 bits per heavy atom. The van der Waals surface area contributed by atoms with Crippen molar-refractivity contribution in [3.05, 3.63) is 143 Å². The highest BCUT2D eigenvalue weighted by Crippen LogP contribution is 2.23. The predicted molar refractivity (Wildman–Crippen MR) is 240 cm³/mol. The summed E-state index contributed by atoms with van der Waals surface area (Å²) in [4.78, 5) is 4.32. The minimum atomic E-state index is -4.13. The van der Waals surface area contributed by atoms with Gasteiger partial charge in [0, 0.05) is 49.3 Å². The fourth-order valence-electron chi connectivity index (χ4n) is 5.14. The highest BCUT2D eigenvalue weighted by Gasteiger charge is 2.09. The van der Waals surface area contributed by atoms with E-state index in [1.807, 2.05) is 94.9 Å². The van der Waals surface area contributed by atoms with E-state index in [2.05, 4.69) is 44.4 Å². The van der Waals surface area contributed by atoms with Gasteiger partial charge in [-0.15, -0.1) is 0 Å². The van der Waals surface area contributed by atoms with E-state index in [0.717, 1.165) is 46.1 Å². The molecule has 0 spiro atoms. The molecule has 0 fully saturated rings. The van der Waals surface area contributed by atoms with E-state index in [0.29, 0.717) is 37.6 Å². The van der Waals surface area contributed by atoms with Crippen LogP contribution in [0.25, 0.3) is 0 Å². The second-order valence-corrected chi connectivity index (χ2v) is 18.0. The number of aryl methyl sites for hydroxylation is 2. The van der Waals surface area contributed by atoms with Gasteiger partial charge in [0.25, 0.3) is 0 Å². The lowest BCUT2D eigenvalue weighted by atomic mass is 10.2. The topological polar surface area (TPSA) is 197 Å². The molecule has 0 aliphatic carbocycles. The van der Waals surface area contributed by atoms with Gasteiger partial charge in [0.2, 0.25) is 0 Å². The van der Waals surface area contributed by atoms with Crippen molar-refractivity contribution >= 4 is 75.9 Å². The second kappa shape index (κ2) is 25.6. The van der Waals surface area contributed by atoms with E-state index in [4.69, 9.17) is 9.47 Å². The van der Waals surface area contributed by atoms with Gasteiger partial charge in [-0.25, -0.2) is 26.0 Å². The van der Waals surface area contributed by atoms with Crippen LogP contribution in [0, 0.1) is 0 Å². The number of azo groups is 2. The molecule has 2 aromatic heterocycles. The number of rotatable bonds is 19. The number of aromatic nitrogens is 2. The van der Waals surface area contributed by atoms with Gasteiger partial charge in [-0.2, -0.15) is 0 Å². The lowest BCUT2D eigenvalue weighted by Gasteiger charge is -2.20. The predicted octanol–water partition coefficient (Wildman–Crippen LogP) is 7.36. The third-order valence-corrected chi connectivity index (χ3v) is 11.5. The Balaban J connectivity index is 0.000000310. The summed E-state index contributed by atoms with van der Waals surface area (Å²) in [7, 11) is -0.233. The van der Waals surface area contributed by atoms with Crippen LogP contribution in [0.3, 0.4) is 0 Å². The summed E-state index contributed by atoms with van der Waals surface area (Å²) in [5.74, 6) is -0.846. The van der Waals surface area contributed by atoms with Gasteiger partial charge in [0.05, 0.1) is 82.5 Å². The summed E-state index contributed by atoms with van der Waals surface area (Å²) in [6.45, 7) is 3.97. The van der Waals surface area contributed by atoms with Gasteiger partial charge < -0.3 is 28.4 Å². The van der Waals surface area contributed by atoms with E-state index in [1.54, 1.807) is 83.3 Å². The molecule has 0 radical (unpaired) electrons. The molecule has 6 aromatic rings. The molecule has 0 atom stereocenters. The minimum absolute atomic E-state index is 0.423. The molecular formula is C42H50N8O8S4. The summed E-state index contributed by atoms with van der Waals surface area (Å²) in [6.07, 6.45) is 3.93. The average molecular weight is 923 g/mol. The number of hydrogen-bond acceptors (Lipinski definition) is 16. The zero-order valence-corrected chi connectivity index (χ0v) is 38.1. The van der Waals surface area contributed by atoms with Gasteiger partial charge in [-0.1, -0.05) is 60.7 Å². The third-order valence-electron chi connectivity index (χ3n) is 8.49. The van der Waals surface area contributed by atoms with Gasteiger partial charge in [-0.05, 0) is 92.6 Å². The molecular weight excluding hydrogens is 873 g/mol. The highest BCUT2D eigenvalue weighted by atomic mass is 32.2. The molecule has 0 N–H and O–H groups in total. The molecule has 2 heterocycles. The Bertz CT molecular complexity index is 2310. The Kier molecular flexibility index (Phi) is 20.4. The summed E-state index contributed by atoms with van der Waals surface area (Å²) in [5.41, 5.74) is 4.93. The summed E-state index contributed by atoms with van der Waals surface area (Å²) < 4.78 is 76.9. The molecule has 0 saturated carbocycles. The van der Waals surface area contributed by atoms with Crippen LogP contribution in [-0.4, -0.2) is 79.6 Å². The van der Waals surface area contributed by atoms with Crippen LogP contribution >= 0.6 is 22.7 Å². The van der Waals surface area contributed by atoms with Crippen molar-refractivity contribution in [3.63, 3.8) is 0 Å². The van der Waals surface area contributed by atoms with Crippen molar-refractivity contribution in [1.29, 1.82) is 0 Å². The maximum absolute atomic E-state index is 10.2. The van der Waals surface area contributed by atoms with E-state index in [-0.39, 0.29) is 0 Å². The fraction of sp³-hybridized carbons (Fsp3) is 0.286. The third kappa shape index (κ3) is 19.6. The molecule has 16 nitrogen and oxygen atoms in total.